The third-order valence-electron chi connectivity index (χ3n) is 5.37. The van der Waals surface area contributed by atoms with E-state index in [1.807, 2.05) is 0 Å². The van der Waals surface area contributed by atoms with E-state index in [1.54, 1.807) is 0 Å². The standard InChI is InChI=1S/C14H24N2O/c1-4-13(5-1)6-9-15-14(17-13)7-10-16(11-8-14)12-2-3-12/h12,15H,1-11H2. The Kier molecular flexibility index (Phi) is 2.34. The zero-order chi connectivity index (χ0) is 11.3. The lowest BCUT2D eigenvalue weighted by molar-refractivity contribution is -0.244. The van der Waals surface area contributed by atoms with E-state index in [2.05, 4.69) is 10.2 Å². The molecule has 0 bridgehead atoms. The summed E-state index contributed by atoms with van der Waals surface area (Å²) in [6.07, 6.45) is 10.5. The molecule has 3 heteroatoms. The number of likely N-dealkylation sites (tertiary alicyclic amines) is 1. The molecule has 0 amide bonds. The fourth-order valence-corrected chi connectivity index (χ4v) is 3.91. The molecule has 0 aromatic rings. The highest BCUT2D eigenvalue weighted by atomic mass is 16.5. The Labute approximate surface area is 104 Å². The average molecular weight is 236 g/mol. The van der Waals surface area contributed by atoms with E-state index in [1.165, 1.54) is 71.0 Å². The van der Waals surface area contributed by atoms with Crippen molar-refractivity contribution in [2.75, 3.05) is 19.6 Å². The molecule has 3 nitrogen and oxygen atoms in total. The highest BCUT2D eigenvalue weighted by molar-refractivity contribution is 5.01. The maximum atomic E-state index is 6.55. The Balaban J connectivity index is 1.42. The van der Waals surface area contributed by atoms with Crippen molar-refractivity contribution in [2.45, 2.75) is 68.7 Å². The van der Waals surface area contributed by atoms with Crippen molar-refractivity contribution in [3.8, 4) is 0 Å². The molecule has 0 atom stereocenters. The maximum absolute atomic E-state index is 6.55. The molecule has 1 N–H and O–H groups in total. The van der Waals surface area contributed by atoms with Gasteiger partial charge in [-0.3, -0.25) is 5.32 Å². The predicted molar refractivity (Wildman–Crippen MR) is 66.8 cm³/mol. The number of hydrogen-bond donors (Lipinski definition) is 1. The molecule has 0 radical (unpaired) electrons. The summed E-state index contributed by atoms with van der Waals surface area (Å²) in [5.74, 6) is 0. The molecule has 0 unspecified atom stereocenters. The molecule has 4 rings (SSSR count). The Morgan fingerprint density at radius 2 is 1.76 bits per heavy atom. The monoisotopic (exact) mass is 236 g/mol. The summed E-state index contributed by atoms with van der Waals surface area (Å²) < 4.78 is 6.55. The van der Waals surface area contributed by atoms with Crippen LogP contribution in [-0.2, 0) is 4.74 Å². The maximum Gasteiger partial charge on any atom is 0.122 e. The normalized spacial score (nSPS) is 36.0. The number of nitrogens with zero attached hydrogens (tertiary/aromatic N) is 1. The van der Waals surface area contributed by atoms with Crippen LogP contribution in [0.15, 0.2) is 0 Å². The van der Waals surface area contributed by atoms with Gasteiger partial charge in [-0.2, -0.15) is 0 Å². The van der Waals surface area contributed by atoms with Crippen LogP contribution in [0.4, 0.5) is 0 Å². The van der Waals surface area contributed by atoms with Gasteiger partial charge >= 0.3 is 0 Å². The largest absolute Gasteiger partial charge is 0.354 e. The van der Waals surface area contributed by atoms with Gasteiger partial charge in [0.1, 0.15) is 5.72 Å². The highest BCUT2D eigenvalue weighted by Gasteiger charge is 2.50. The SMILES string of the molecule is C1CC2(C1)CCNC1(CCN(C3CC3)CC1)O2. The van der Waals surface area contributed by atoms with Gasteiger partial charge in [-0.05, 0) is 38.5 Å². The van der Waals surface area contributed by atoms with Crippen molar-refractivity contribution >= 4 is 0 Å². The second kappa shape index (κ2) is 3.69. The minimum atomic E-state index is 0.0457. The van der Waals surface area contributed by atoms with Gasteiger partial charge in [0, 0.05) is 38.5 Å². The third-order valence-corrected chi connectivity index (χ3v) is 5.37. The van der Waals surface area contributed by atoms with Crippen molar-refractivity contribution in [3.05, 3.63) is 0 Å². The van der Waals surface area contributed by atoms with Gasteiger partial charge in [0.15, 0.2) is 0 Å². The van der Waals surface area contributed by atoms with Crippen LogP contribution in [-0.4, -0.2) is 41.9 Å². The molecule has 4 fully saturated rings. The predicted octanol–water partition coefficient (Wildman–Crippen LogP) is 1.87. The number of nitrogens with one attached hydrogen (secondary N) is 1. The van der Waals surface area contributed by atoms with Crippen LogP contribution in [0.1, 0.15) is 51.4 Å². The molecule has 17 heavy (non-hydrogen) atoms. The van der Waals surface area contributed by atoms with Gasteiger partial charge in [-0.1, -0.05) is 0 Å². The van der Waals surface area contributed by atoms with Gasteiger partial charge in [-0.25, -0.2) is 0 Å². The Bertz CT molecular complexity index is 301. The number of piperidine rings is 1. The first-order valence-electron chi connectivity index (χ1n) is 7.49. The van der Waals surface area contributed by atoms with Crippen molar-refractivity contribution in [3.63, 3.8) is 0 Å². The quantitative estimate of drug-likeness (QED) is 0.752. The lowest BCUT2D eigenvalue weighted by Crippen LogP contribution is -2.65. The first-order valence-corrected chi connectivity index (χ1v) is 7.49. The summed E-state index contributed by atoms with van der Waals surface area (Å²) >= 11 is 0. The molecule has 2 aliphatic heterocycles. The Morgan fingerprint density at radius 1 is 1.00 bits per heavy atom. The van der Waals surface area contributed by atoms with E-state index in [4.69, 9.17) is 4.74 Å². The summed E-state index contributed by atoms with van der Waals surface area (Å²) in [5.41, 5.74) is 0.330. The molecule has 0 aromatic heterocycles. The average Bonchev–Trinajstić information content (AvgIpc) is 3.12. The summed E-state index contributed by atoms with van der Waals surface area (Å²) in [6, 6.07) is 0.925. The van der Waals surface area contributed by atoms with Crippen molar-refractivity contribution in [1.29, 1.82) is 0 Å². The molecule has 2 saturated heterocycles. The van der Waals surface area contributed by atoms with E-state index < -0.39 is 0 Å². The molecule has 2 heterocycles. The molecule has 96 valence electrons. The van der Waals surface area contributed by atoms with Crippen LogP contribution < -0.4 is 5.32 Å². The lowest BCUT2D eigenvalue weighted by Gasteiger charge is -2.55. The number of rotatable bonds is 1. The summed E-state index contributed by atoms with van der Waals surface area (Å²) in [6.45, 7) is 3.66. The number of ether oxygens (including phenoxy) is 1. The first kappa shape index (κ1) is 10.8. The zero-order valence-electron chi connectivity index (χ0n) is 10.7. The second-order valence-electron chi connectivity index (χ2n) is 6.58. The van der Waals surface area contributed by atoms with Crippen LogP contribution in [0, 0.1) is 0 Å². The van der Waals surface area contributed by atoms with Crippen LogP contribution in [0.3, 0.4) is 0 Å². The van der Waals surface area contributed by atoms with Crippen LogP contribution in [0.25, 0.3) is 0 Å². The fourth-order valence-electron chi connectivity index (χ4n) is 3.91. The smallest absolute Gasteiger partial charge is 0.122 e. The highest BCUT2D eigenvalue weighted by Crippen LogP contribution is 2.46. The van der Waals surface area contributed by atoms with Crippen molar-refractivity contribution in [2.24, 2.45) is 0 Å². The Morgan fingerprint density at radius 3 is 2.35 bits per heavy atom. The van der Waals surface area contributed by atoms with Gasteiger partial charge in [0.2, 0.25) is 0 Å². The fraction of sp³-hybridized carbons (Fsp3) is 1.00. The first-order chi connectivity index (χ1) is 8.29. The number of hydrogen-bond acceptors (Lipinski definition) is 3. The molecule has 0 aromatic carbocycles. The van der Waals surface area contributed by atoms with E-state index in [-0.39, 0.29) is 11.3 Å². The lowest BCUT2D eigenvalue weighted by atomic mass is 9.75. The van der Waals surface area contributed by atoms with E-state index in [0.717, 1.165) is 6.04 Å². The molecule has 2 saturated carbocycles. The van der Waals surface area contributed by atoms with Gasteiger partial charge in [-0.15, -0.1) is 0 Å². The minimum absolute atomic E-state index is 0.0457. The van der Waals surface area contributed by atoms with E-state index in [0.29, 0.717) is 0 Å². The molecular weight excluding hydrogens is 212 g/mol. The van der Waals surface area contributed by atoms with E-state index in [9.17, 15) is 0 Å². The second-order valence-corrected chi connectivity index (χ2v) is 6.58. The van der Waals surface area contributed by atoms with Crippen LogP contribution >= 0.6 is 0 Å². The molecule has 4 aliphatic rings. The van der Waals surface area contributed by atoms with Gasteiger partial charge < -0.3 is 9.64 Å². The zero-order valence-corrected chi connectivity index (χ0v) is 10.7. The molecular formula is C14H24N2O. The third kappa shape index (κ3) is 1.83. The topological polar surface area (TPSA) is 24.5 Å². The summed E-state index contributed by atoms with van der Waals surface area (Å²) in [5, 5.41) is 3.69. The van der Waals surface area contributed by atoms with Crippen LogP contribution in [0.2, 0.25) is 0 Å². The van der Waals surface area contributed by atoms with Gasteiger partial charge in [0.25, 0.3) is 0 Å². The molecule has 2 aliphatic carbocycles. The Hall–Kier alpha value is -0.120. The van der Waals surface area contributed by atoms with Crippen LogP contribution in [0.5, 0.6) is 0 Å². The summed E-state index contributed by atoms with van der Waals surface area (Å²) in [4.78, 5) is 2.68. The van der Waals surface area contributed by atoms with Gasteiger partial charge in [0.05, 0.1) is 5.60 Å². The summed E-state index contributed by atoms with van der Waals surface area (Å²) in [7, 11) is 0. The minimum Gasteiger partial charge on any atom is -0.354 e. The van der Waals surface area contributed by atoms with Crippen molar-refractivity contribution < 1.29 is 4.74 Å². The van der Waals surface area contributed by atoms with Crippen molar-refractivity contribution in [1.82, 2.24) is 10.2 Å². The molecule has 2 spiro atoms. The van der Waals surface area contributed by atoms with E-state index >= 15 is 0 Å².